The van der Waals surface area contributed by atoms with Crippen LogP contribution in [0.5, 0.6) is 5.75 Å². The number of nitrogens with one attached hydrogen (secondary N) is 1. The molecule has 3 rings (SSSR count). The van der Waals surface area contributed by atoms with Gasteiger partial charge in [0.05, 0.1) is 7.11 Å². The Morgan fingerprint density at radius 2 is 2.30 bits per heavy atom. The molecular formula is C14H14ClNO4. The lowest BCUT2D eigenvalue weighted by atomic mass is 9.75. The summed E-state index contributed by atoms with van der Waals surface area (Å²) in [4.78, 5) is 24.1. The highest BCUT2D eigenvalue weighted by Crippen LogP contribution is 2.47. The molecule has 1 fully saturated rings. The number of methoxy groups -OCH3 is 1. The summed E-state index contributed by atoms with van der Waals surface area (Å²) < 4.78 is 10.6. The van der Waals surface area contributed by atoms with Gasteiger partial charge >= 0.3 is 5.97 Å². The van der Waals surface area contributed by atoms with Crippen molar-refractivity contribution in [3.63, 3.8) is 0 Å². The van der Waals surface area contributed by atoms with Crippen molar-refractivity contribution in [1.29, 1.82) is 0 Å². The highest BCUT2D eigenvalue weighted by Gasteiger charge is 2.52. The SMILES string of the molecule is COC(=O)[C@@H]1C(=O)N[C@]2(C)C[C@@H]1c1cc(Cl)ccc1O2. The second-order valence-electron chi connectivity index (χ2n) is 5.32. The quantitative estimate of drug-likeness (QED) is 0.634. The van der Waals surface area contributed by atoms with Gasteiger partial charge in [0.1, 0.15) is 11.7 Å². The number of amides is 1. The smallest absolute Gasteiger partial charge is 0.318 e. The van der Waals surface area contributed by atoms with Gasteiger partial charge in [-0.3, -0.25) is 9.59 Å². The van der Waals surface area contributed by atoms with E-state index in [0.29, 0.717) is 17.2 Å². The number of fused-ring (bicyclic) bond motifs is 4. The van der Waals surface area contributed by atoms with Crippen molar-refractivity contribution in [1.82, 2.24) is 5.32 Å². The summed E-state index contributed by atoms with van der Waals surface area (Å²) in [6.07, 6.45) is 0.506. The minimum atomic E-state index is -0.866. The van der Waals surface area contributed by atoms with Crippen LogP contribution in [0.3, 0.4) is 0 Å². The number of carbonyl (C=O) groups excluding carboxylic acids is 2. The molecule has 20 heavy (non-hydrogen) atoms. The maximum Gasteiger partial charge on any atom is 0.318 e. The van der Waals surface area contributed by atoms with E-state index in [-0.39, 0.29) is 11.8 Å². The van der Waals surface area contributed by atoms with Crippen LogP contribution in [0.25, 0.3) is 0 Å². The molecule has 0 unspecified atom stereocenters. The van der Waals surface area contributed by atoms with E-state index in [4.69, 9.17) is 21.1 Å². The Morgan fingerprint density at radius 1 is 1.55 bits per heavy atom. The normalized spacial score (nSPS) is 30.9. The van der Waals surface area contributed by atoms with E-state index in [1.165, 1.54) is 7.11 Å². The Balaban J connectivity index is 2.12. The van der Waals surface area contributed by atoms with E-state index >= 15 is 0 Å². The standard InChI is InChI=1S/C14H14ClNO4/c1-14-6-9(11(12(17)16-14)13(18)19-2)8-5-7(15)3-4-10(8)20-14/h3-5,9,11H,6H2,1-2H3,(H,16,17)/t9-,11+,14+/m1/s1. The second-order valence-corrected chi connectivity index (χ2v) is 5.75. The van der Waals surface area contributed by atoms with Crippen molar-refractivity contribution >= 4 is 23.5 Å². The fourth-order valence-corrected chi connectivity index (χ4v) is 3.19. The van der Waals surface area contributed by atoms with Crippen LogP contribution >= 0.6 is 11.6 Å². The molecular weight excluding hydrogens is 282 g/mol. The van der Waals surface area contributed by atoms with Crippen molar-refractivity contribution in [2.24, 2.45) is 5.92 Å². The molecule has 2 bridgehead atoms. The fraction of sp³-hybridized carbons (Fsp3) is 0.429. The van der Waals surface area contributed by atoms with Gasteiger partial charge in [0.25, 0.3) is 0 Å². The van der Waals surface area contributed by atoms with Gasteiger partial charge in [-0.1, -0.05) is 11.6 Å². The van der Waals surface area contributed by atoms with E-state index in [0.717, 1.165) is 5.56 Å². The molecule has 3 atom stereocenters. The number of hydrogen-bond donors (Lipinski definition) is 1. The van der Waals surface area contributed by atoms with Crippen LogP contribution < -0.4 is 10.1 Å². The summed E-state index contributed by atoms with van der Waals surface area (Å²) in [5.74, 6) is -1.43. The largest absolute Gasteiger partial charge is 0.468 e. The summed E-state index contributed by atoms with van der Waals surface area (Å²) in [6.45, 7) is 1.79. The van der Waals surface area contributed by atoms with Gasteiger partial charge in [-0.25, -0.2) is 0 Å². The number of piperidine rings is 1. The number of ether oxygens (including phenoxy) is 2. The minimum Gasteiger partial charge on any atom is -0.468 e. The summed E-state index contributed by atoms with van der Waals surface area (Å²) in [5, 5.41) is 3.30. The van der Waals surface area contributed by atoms with Crippen molar-refractivity contribution in [2.45, 2.75) is 25.0 Å². The lowest BCUT2D eigenvalue weighted by Crippen LogP contribution is -2.62. The van der Waals surface area contributed by atoms with E-state index < -0.39 is 17.6 Å². The monoisotopic (exact) mass is 295 g/mol. The molecule has 2 heterocycles. The molecule has 6 heteroatoms. The molecule has 0 spiro atoms. The predicted molar refractivity (Wildman–Crippen MR) is 71.5 cm³/mol. The van der Waals surface area contributed by atoms with Crippen LogP contribution in [0.4, 0.5) is 0 Å². The first-order chi connectivity index (χ1) is 9.43. The average Bonchev–Trinajstić information content (AvgIpc) is 2.38. The maximum atomic E-state index is 12.2. The summed E-state index contributed by atoms with van der Waals surface area (Å²) in [7, 11) is 1.28. The number of halogens is 1. The van der Waals surface area contributed by atoms with Crippen molar-refractivity contribution in [3.05, 3.63) is 28.8 Å². The van der Waals surface area contributed by atoms with Crippen LogP contribution in [-0.2, 0) is 14.3 Å². The van der Waals surface area contributed by atoms with Crippen molar-refractivity contribution in [3.8, 4) is 5.75 Å². The molecule has 106 valence electrons. The lowest BCUT2D eigenvalue weighted by Gasteiger charge is -2.46. The predicted octanol–water partition coefficient (Wildman–Crippen LogP) is 1.84. The van der Waals surface area contributed by atoms with E-state index in [1.807, 2.05) is 0 Å². The van der Waals surface area contributed by atoms with Gasteiger partial charge in [0, 0.05) is 22.9 Å². The molecule has 1 aromatic carbocycles. The number of rotatable bonds is 1. The first-order valence-electron chi connectivity index (χ1n) is 6.32. The Bertz CT molecular complexity index is 603. The summed E-state index contributed by atoms with van der Waals surface area (Å²) >= 11 is 6.01. The van der Waals surface area contributed by atoms with Gasteiger partial charge in [-0.15, -0.1) is 0 Å². The highest BCUT2D eigenvalue weighted by atomic mass is 35.5. The second kappa shape index (κ2) is 4.38. The third kappa shape index (κ3) is 1.93. The minimum absolute atomic E-state index is 0.288. The number of carbonyl (C=O) groups is 2. The summed E-state index contributed by atoms with van der Waals surface area (Å²) in [6, 6.07) is 5.23. The molecule has 2 aliphatic heterocycles. The van der Waals surface area contributed by atoms with Crippen LogP contribution in [0.2, 0.25) is 5.02 Å². The molecule has 0 saturated carbocycles. The Morgan fingerprint density at radius 3 is 3.00 bits per heavy atom. The van der Waals surface area contributed by atoms with Gasteiger partial charge < -0.3 is 14.8 Å². The molecule has 0 aliphatic carbocycles. The molecule has 0 radical (unpaired) electrons. The molecule has 5 nitrogen and oxygen atoms in total. The summed E-state index contributed by atoms with van der Waals surface area (Å²) in [5.41, 5.74) is -0.0205. The molecule has 2 aliphatic rings. The number of esters is 1. The molecule has 1 N–H and O–H groups in total. The molecule has 1 aromatic rings. The maximum absolute atomic E-state index is 12.2. The Labute approximate surface area is 121 Å². The third-order valence-corrected chi connectivity index (χ3v) is 4.08. The zero-order valence-electron chi connectivity index (χ0n) is 11.1. The van der Waals surface area contributed by atoms with Crippen LogP contribution in [0.1, 0.15) is 24.8 Å². The highest BCUT2D eigenvalue weighted by molar-refractivity contribution is 6.30. The van der Waals surface area contributed by atoms with E-state index in [2.05, 4.69) is 5.32 Å². The van der Waals surface area contributed by atoms with Gasteiger partial charge in [-0.2, -0.15) is 0 Å². The third-order valence-electron chi connectivity index (χ3n) is 3.84. The van der Waals surface area contributed by atoms with Gasteiger partial charge in [0.15, 0.2) is 5.72 Å². The average molecular weight is 296 g/mol. The molecule has 0 aromatic heterocycles. The van der Waals surface area contributed by atoms with Crippen molar-refractivity contribution < 1.29 is 19.1 Å². The fourth-order valence-electron chi connectivity index (χ4n) is 3.01. The van der Waals surface area contributed by atoms with Crippen molar-refractivity contribution in [2.75, 3.05) is 7.11 Å². The number of hydrogen-bond acceptors (Lipinski definition) is 4. The first kappa shape index (κ1) is 13.2. The van der Waals surface area contributed by atoms with Gasteiger partial charge in [-0.05, 0) is 25.1 Å². The van der Waals surface area contributed by atoms with Crippen LogP contribution in [0.15, 0.2) is 18.2 Å². The number of benzene rings is 1. The molecule has 1 amide bonds. The van der Waals surface area contributed by atoms with E-state index in [9.17, 15) is 9.59 Å². The zero-order chi connectivity index (χ0) is 14.5. The lowest BCUT2D eigenvalue weighted by molar-refractivity contribution is -0.158. The van der Waals surface area contributed by atoms with Crippen LogP contribution in [0, 0.1) is 5.92 Å². The first-order valence-corrected chi connectivity index (χ1v) is 6.70. The zero-order valence-corrected chi connectivity index (χ0v) is 11.9. The Hall–Kier alpha value is -1.75. The molecule has 1 saturated heterocycles. The van der Waals surface area contributed by atoms with Gasteiger partial charge in [0.2, 0.25) is 5.91 Å². The van der Waals surface area contributed by atoms with Crippen LogP contribution in [-0.4, -0.2) is 24.7 Å². The van der Waals surface area contributed by atoms with E-state index in [1.54, 1.807) is 25.1 Å². The Kier molecular flexibility index (Phi) is 2.90. The topological polar surface area (TPSA) is 64.6 Å².